The fourth-order valence-electron chi connectivity index (χ4n) is 2.23. The molecule has 0 saturated heterocycles. The Morgan fingerprint density at radius 3 is 2.94 bits per heavy atom. The first kappa shape index (κ1) is 12.3. The number of aryl methyl sites for hydroxylation is 1. The molecule has 1 aliphatic rings. The van der Waals surface area contributed by atoms with Gasteiger partial charge in [-0.15, -0.1) is 0 Å². The van der Waals surface area contributed by atoms with E-state index >= 15 is 0 Å². The van der Waals surface area contributed by atoms with Crippen molar-refractivity contribution in [1.29, 1.82) is 0 Å². The Morgan fingerprint density at radius 1 is 1.35 bits per heavy atom. The van der Waals surface area contributed by atoms with Crippen molar-refractivity contribution in [2.75, 3.05) is 18.5 Å². The summed E-state index contributed by atoms with van der Waals surface area (Å²) in [7, 11) is 0. The van der Waals surface area contributed by atoms with Crippen molar-refractivity contribution in [1.82, 2.24) is 9.97 Å². The average molecular weight is 235 g/mol. The topological polar surface area (TPSA) is 58.0 Å². The molecule has 0 spiro atoms. The number of nitrogens with zero attached hydrogens (tertiary/aromatic N) is 2. The molecule has 1 aliphatic carbocycles. The van der Waals surface area contributed by atoms with Crippen molar-refractivity contribution in [3.63, 3.8) is 0 Å². The molecule has 4 nitrogen and oxygen atoms in total. The van der Waals surface area contributed by atoms with Crippen molar-refractivity contribution in [2.24, 2.45) is 5.41 Å². The molecule has 4 heteroatoms. The van der Waals surface area contributed by atoms with E-state index in [9.17, 15) is 0 Å². The predicted octanol–water partition coefficient (Wildman–Crippen LogP) is 1.79. The molecule has 1 heterocycles. The summed E-state index contributed by atoms with van der Waals surface area (Å²) >= 11 is 0. The van der Waals surface area contributed by atoms with E-state index in [0.29, 0.717) is 0 Å². The number of anilines is 1. The summed E-state index contributed by atoms with van der Waals surface area (Å²) in [5.74, 6) is 0.985. The molecule has 0 saturated carbocycles. The molecular formula is C13H21N3O. The van der Waals surface area contributed by atoms with Gasteiger partial charge in [0.25, 0.3) is 0 Å². The molecule has 1 aromatic rings. The van der Waals surface area contributed by atoms with Crippen LogP contribution in [0.1, 0.15) is 37.9 Å². The number of aliphatic hydroxyl groups is 1. The third-order valence-electron chi connectivity index (χ3n) is 3.40. The average Bonchev–Trinajstić information content (AvgIpc) is 2.74. The highest BCUT2D eigenvalue weighted by molar-refractivity contribution is 5.48. The van der Waals surface area contributed by atoms with E-state index < -0.39 is 0 Å². The molecule has 1 aromatic heterocycles. The zero-order chi connectivity index (χ0) is 12.3. The monoisotopic (exact) mass is 235 g/mol. The van der Waals surface area contributed by atoms with Crippen LogP contribution in [-0.4, -0.2) is 28.2 Å². The van der Waals surface area contributed by atoms with Gasteiger partial charge in [0, 0.05) is 24.4 Å². The minimum atomic E-state index is 0.0885. The summed E-state index contributed by atoms with van der Waals surface area (Å²) in [5, 5.41) is 12.4. The first-order valence-corrected chi connectivity index (χ1v) is 6.30. The Hall–Kier alpha value is -1.16. The van der Waals surface area contributed by atoms with Crippen molar-refractivity contribution in [3.8, 4) is 0 Å². The van der Waals surface area contributed by atoms with Crippen LogP contribution >= 0.6 is 0 Å². The van der Waals surface area contributed by atoms with Crippen molar-refractivity contribution in [3.05, 3.63) is 17.6 Å². The van der Waals surface area contributed by atoms with Gasteiger partial charge < -0.3 is 10.4 Å². The normalized spacial score (nSPS) is 14.8. The molecule has 0 aromatic carbocycles. The second kappa shape index (κ2) is 5.00. The second-order valence-corrected chi connectivity index (χ2v) is 5.49. The van der Waals surface area contributed by atoms with E-state index in [-0.39, 0.29) is 12.0 Å². The summed E-state index contributed by atoms with van der Waals surface area (Å²) in [5.41, 5.74) is 2.57. The predicted molar refractivity (Wildman–Crippen MR) is 68.0 cm³/mol. The Morgan fingerprint density at radius 2 is 2.18 bits per heavy atom. The molecule has 94 valence electrons. The highest BCUT2D eigenvalue weighted by Gasteiger charge is 2.20. The van der Waals surface area contributed by atoms with Crippen LogP contribution in [0.2, 0.25) is 0 Å². The minimum Gasteiger partial charge on any atom is -0.396 e. The molecule has 2 rings (SSSR count). The second-order valence-electron chi connectivity index (χ2n) is 5.49. The molecule has 0 radical (unpaired) electrons. The van der Waals surface area contributed by atoms with Gasteiger partial charge in [-0.05, 0) is 31.1 Å². The largest absolute Gasteiger partial charge is 0.396 e. The van der Waals surface area contributed by atoms with Gasteiger partial charge in [0.05, 0.1) is 0 Å². The van der Waals surface area contributed by atoms with Crippen LogP contribution in [-0.2, 0) is 12.8 Å². The maximum atomic E-state index is 9.00. The van der Waals surface area contributed by atoms with E-state index in [2.05, 4.69) is 29.1 Å². The molecular weight excluding hydrogens is 214 g/mol. The van der Waals surface area contributed by atoms with Crippen LogP contribution in [0.15, 0.2) is 6.33 Å². The van der Waals surface area contributed by atoms with E-state index in [1.807, 2.05) is 0 Å². The van der Waals surface area contributed by atoms with E-state index in [0.717, 1.165) is 31.6 Å². The maximum Gasteiger partial charge on any atom is 0.132 e. The summed E-state index contributed by atoms with van der Waals surface area (Å²) < 4.78 is 0. The van der Waals surface area contributed by atoms with Gasteiger partial charge in [0.1, 0.15) is 12.1 Å². The quantitative estimate of drug-likeness (QED) is 0.817. The van der Waals surface area contributed by atoms with E-state index in [1.54, 1.807) is 6.33 Å². The Bertz CT molecular complexity index is 390. The lowest BCUT2D eigenvalue weighted by Gasteiger charge is -2.24. The Labute approximate surface area is 102 Å². The van der Waals surface area contributed by atoms with Crippen LogP contribution in [0.4, 0.5) is 5.82 Å². The van der Waals surface area contributed by atoms with Crippen LogP contribution < -0.4 is 5.32 Å². The van der Waals surface area contributed by atoms with Gasteiger partial charge in [0.2, 0.25) is 0 Å². The van der Waals surface area contributed by atoms with Crippen molar-refractivity contribution < 1.29 is 5.11 Å². The molecule has 0 atom stereocenters. The van der Waals surface area contributed by atoms with E-state index in [4.69, 9.17) is 5.11 Å². The van der Waals surface area contributed by atoms with Gasteiger partial charge in [-0.1, -0.05) is 13.8 Å². The lowest BCUT2D eigenvalue weighted by molar-refractivity contribution is 0.220. The lowest BCUT2D eigenvalue weighted by Crippen LogP contribution is -2.25. The van der Waals surface area contributed by atoms with Crippen LogP contribution in [0.3, 0.4) is 0 Å². The standard InChI is InChI=1S/C13H21N3O/c1-13(2,6-7-17)8-14-12-10-4-3-5-11(10)15-9-16-12/h9,17H,3-8H2,1-2H3,(H,14,15,16). The van der Waals surface area contributed by atoms with E-state index in [1.165, 1.54) is 17.7 Å². The fraction of sp³-hybridized carbons (Fsp3) is 0.692. The lowest BCUT2D eigenvalue weighted by atomic mass is 9.90. The smallest absolute Gasteiger partial charge is 0.132 e. The number of fused-ring (bicyclic) bond motifs is 1. The molecule has 0 fully saturated rings. The van der Waals surface area contributed by atoms with Crippen LogP contribution in [0, 0.1) is 5.41 Å². The number of nitrogens with one attached hydrogen (secondary N) is 1. The molecule has 17 heavy (non-hydrogen) atoms. The number of hydrogen-bond donors (Lipinski definition) is 2. The molecule has 0 unspecified atom stereocenters. The van der Waals surface area contributed by atoms with Gasteiger partial charge in [-0.25, -0.2) is 9.97 Å². The maximum absolute atomic E-state index is 9.00. The third kappa shape index (κ3) is 2.94. The Kier molecular flexibility index (Phi) is 3.62. The van der Waals surface area contributed by atoms with Gasteiger partial charge >= 0.3 is 0 Å². The Balaban J connectivity index is 2.02. The number of aliphatic hydroxyl groups excluding tert-OH is 1. The third-order valence-corrected chi connectivity index (χ3v) is 3.40. The fourth-order valence-corrected chi connectivity index (χ4v) is 2.23. The molecule has 2 N–H and O–H groups in total. The SMILES string of the molecule is CC(C)(CCO)CNc1ncnc2c1CCC2. The summed E-state index contributed by atoms with van der Waals surface area (Å²) in [6.45, 7) is 5.36. The first-order valence-electron chi connectivity index (χ1n) is 6.30. The molecule has 0 bridgehead atoms. The zero-order valence-electron chi connectivity index (χ0n) is 10.7. The summed E-state index contributed by atoms with van der Waals surface area (Å²) in [4.78, 5) is 8.64. The van der Waals surface area contributed by atoms with Crippen LogP contribution in [0.5, 0.6) is 0 Å². The summed E-state index contributed by atoms with van der Waals surface area (Å²) in [6, 6.07) is 0. The van der Waals surface area contributed by atoms with Gasteiger partial charge in [-0.2, -0.15) is 0 Å². The molecule has 0 amide bonds. The number of rotatable bonds is 5. The first-order chi connectivity index (χ1) is 8.12. The number of aromatic nitrogens is 2. The zero-order valence-corrected chi connectivity index (χ0v) is 10.7. The minimum absolute atomic E-state index is 0.0885. The van der Waals surface area contributed by atoms with Gasteiger partial charge in [-0.3, -0.25) is 0 Å². The molecule has 0 aliphatic heterocycles. The van der Waals surface area contributed by atoms with Crippen molar-refractivity contribution in [2.45, 2.75) is 39.5 Å². The van der Waals surface area contributed by atoms with Crippen LogP contribution in [0.25, 0.3) is 0 Å². The highest BCUT2D eigenvalue weighted by atomic mass is 16.3. The highest BCUT2D eigenvalue weighted by Crippen LogP contribution is 2.27. The summed E-state index contributed by atoms with van der Waals surface area (Å²) in [6.07, 6.45) is 5.78. The van der Waals surface area contributed by atoms with Crippen molar-refractivity contribution >= 4 is 5.82 Å². The number of hydrogen-bond acceptors (Lipinski definition) is 4. The van der Waals surface area contributed by atoms with Gasteiger partial charge in [0.15, 0.2) is 0 Å².